The van der Waals surface area contributed by atoms with Crippen LogP contribution in [0.15, 0.2) is 42.0 Å². The Labute approximate surface area is 281 Å². The van der Waals surface area contributed by atoms with E-state index in [1.807, 2.05) is 6.92 Å². The molecule has 5 nitrogen and oxygen atoms in total. The van der Waals surface area contributed by atoms with Gasteiger partial charge in [0.25, 0.3) is 0 Å². The van der Waals surface area contributed by atoms with E-state index in [0.29, 0.717) is 11.8 Å². The fourth-order valence-corrected chi connectivity index (χ4v) is 12.8. The van der Waals surface area contributed by atoms with Crippen LogP contribution in [0.2, 0.25) is 0 Å². The number of ketones is 1. The first-order valence-corrected chi connectivity index (χ1v) is 18.3. The van der Waals surface area contributed by atoms with Gasteiger partial charge in [-0.3, -0.25) is 4.79 Å². The number of aliphatic hydroxyl groups excluding tert-OH is 2. The van der Waals surface area contributed by atoms with Crippen molar-refractivity contribution in [2.75, 3.05) is 0 Å². The average molecular weight is 638 g/mol. The molecular weight excluding hydrogens is 582 g/mol. The molecule has 1 aromatic carbocycles. The Kier molecular flexibility index (Phi) is 6.50. The molecule has 6 aliphatic rings. The second-order valence-corrected chi connectivity index (χ2v) is 18.0. The molecule has 2 fully saturated rings. The van der Waals surface area contributed by atoms with E-state index in [1.165, 1.54) is 22.2 Å². The van der Waals surface area contributed by atoms with Crippen LogP contribution >= 0.6 is 0 Å². The highest BCUT2D eigenvalue weighted by Crippen LogP contribution is 2.71. The van der Waals surface area contributed by atoms with Gasteiger partial charge in [-0.1, -0.05) is 63.6 Å². The number of hydrogen-bond donors (Lipinski definition) is 2. The highest BCUT2D eigenvalue weighted by molar-refractivity contribution is 6.17. The summed E-state index contributed by atoms with van der Waals surface area (Å²) in [5, 5.41) is 25.1. The van der Waals surface area contributed by atoms with Crippen molar-refractivity contribution in [3.63, 3.8) is 0 Å². The number of allylic oxidation sites excluding steroid dienone is 2. The number of ether oxygens (including phenoxy) is 1. The molecule has 4 aliphatic carbocycles. The molecule has 2 unspecified atom stereocenters. The minimum atomic E-state index is -0.827. The van der Waals surface area contributed by atoms with Crippen molar-refractivity contribution in [2.45, 2.75) is 142 Å². The van der Waals surface area contributed by atoms with Gasteiger partial charge in [-0.25, -0.2) is 0 Å². The number of carbonyl (C=O) groups is 1. The predicted octanol–water partition coefficient (Wildman–Crippen LogP) is 8.65. The number of benzene rings is 1. The van der Waals surface area contributed by atoms with E-state index in [9.17, 15) is 15.0 Å². The van der Waals surface area contributed by atoms with Gasteiger partial charge in [0.2, 0.25) is 0 Å². The molecule has 2 saturated carbocycles. The maximum atomic E-state index is 14.8. The van der Waals surface area contributed by atoms with Gasteiger partial charge in [-0.15, -0.1) is 0 Å². The Morgan fingerprint density at radius 1 is 1.11 bits per heavy atom. The van der Waals surface area contributed by atoms with Crippen LogP contribution in [0.25, 0.3) is 10.9 Å². The summed E-state index contributed by atoms with van der Waals surface area (Å²) in [5.74, 6) is 0.672. The molecule has 2 aliphatic heterocycles. The first-order chi connectivity index (χ1) is 21.9. The zero-order valence-electron chi connectivity index (χ0n) is 30.1. The molecule has 2 N–H and O–H groups in total. The topological polar surface area (TPSA) is 71.7 Å². The molecule has 8 rings (SSSR count). The predicted molar refractivity (Wildman–Crippen MR) is 188 cm³/mol. The largest absolute Gasteiger partial charge is 0.392 e. The molecule has 0 saturated heterocycles. The van der Waals surface area contributed by atoms with E-state index >= 15 is 0 Å². The van der Waals surface area contributed by atoms with Crippen LogP contribution in [0, 0.1) is 28.6 Å². The number of fused-ring (bicyclic) bond motifs is 10. The molecule has 1 aromatic heterocycles. The van der Waals surface area contributed by atoms with E-state index in [-0.39, 0.29) is 34.1 Å². The third-order valence-corrected chi connectivity index (χ3v) is 14.6. The minimum absolute atomic E-state index is 0.0572. The highest BCUT2D eigenvalue weighted by Gasteiger charge is 2.67. The van der Waals surface area contributed by atoms with Crippen molar-refractivity contribution in [2.24, 2.45) is 28.6 Å². The first kappa shape index (κ1) is 31.8. The average Bonchev–Trinajstić information content (AvgIpc) is 3.55. The maximum absolute atomic E-state index is 14.8. The molecular formula is C42H55NO4. The summed E-state index contributed by atoms with van der Waals surface area (Å²) in [5.41, 5.74) is 6.93. The highest BCUT2D eigenvalue weighted by atomic mass is 16.5. The maximum Gasteiger partial charge on any atom is 0.192 e. The lowest BCUT2D eigenvalue weighted by Crippen LogP contribution is -2.62. The van der Waals surface area contributed by atoms with E-state index in [4.69, 9.17) is 4.74 Å². The molecule has 0 bridgehead atoms. The van der Waals surface area contributed by atoms with Crippen LogP contribution in [0.1, 0.15) is 139 Å². The van der Waals surface area contributed by atoms with Crippen molar-refractivity contribution in [3.8, 4) is 0 Å². The Morgan fingerprint density at radius 2 is 1.83 bits per heavy atom. The monoisotopic (exact) mass is 637 g/mol. The Balaban J connectivity index is 1.39. The summed E-state index contributed by atoms with van der Waals surface area (Å²) in [4.78, 5) is 14.8. The molecule has 47 heavy (non-hydrogen) atoms. The molecule has 0 radical (unpaired) electrons. The summed E-state index contributed by atoms with van der Waals surface area (Å²) in [6.45, 7) is 24.3. The second kappa shape index (κ2) is 9.61. The zero-order valence-corrected chi connectivity index (χ0v) is 30.1. The van der Waals surface area contributed by atoms with Gasteiger partial charge in [0, 0.05) is 27.8 Å². The zero-order chi connectivity index (χ0) is 33.8. The van der Waals surface area contributed by atoms with Crippen LogP contribution in [0.4, 0.5) is 0 Å². The van der Waals surface area contributed by atoms with E-state index in [0.717, 1.165) is 72.7 Å². The second-order valence-electron chi connectivity index (χ2n) is 18.0. The molecule has 2 aromatic rings. The van der Waals surface area contributed by atoms with Crippen LogP contribution in [-0.4, -0.2) is 37.9 Å². The first-order valence-electron chi connectivity index (χ1n) is 18.3. The van der Waals surface area contributed by atoms with Crippen LogP contribution < -0.4 is 0 Å². The van der Waals surface area contributed by atoms with Gasteiger partial charge in [0.05, 0.1) is 34.5 Å². The van der Waals surface area contributed by atoms with Crippen molar-refractivity contribution >= 4 is 16.7 Å². The molecule has 3 heterocycles. The lowest BCUT2D eigenvalue weighted by atomic mass is 9.40. The van der Waals surface area contributed by atoms with Gasteiger partial charge in [0.1, 0.15) is 6.04 Å². The summed E-state index contributed by atoms with van der Waals surface area (Å²) < 4.78 is 8.95. The standard InChI is InChI=1S/C42H55NO4/c1-11-12-16-40(8)28-14-13-25-20-27-26-19-23-18-24-21-38(4,5)47-39(6,7)32(24)35(45)30(23)31-34(26)43(33(22(2)3)36(31)46)37(27)42(25,10)41(28,9)17-15-29(40)44/h12,16,19,21,25,28-29,32-33,35,44-45H,2,11,13-15,17-18,20H2,1,3-10H3/t25?,28-,29-,32?,33-,35+,40-,41-,42+/m0/s1. The number of carbonyl (C=O) groups excluding carboxylic acids is 1. The van der Waals surface area contributed by atoms with Crippen LogP contribution in [0.5, 0.6) is 0 Å². The summed E-state index contributed by atoms with van der Waals surface area (Å²) in [7, 11) is 0. The molecule has 0 spiro atoms. The van der Waals surface area contributed by atoms with E-state index in [1.54, 1.807) is 0 Å². The lowest BCUT2D eigenvalue weighted by Gasteiger charge is -2.64. The Hall–Kier alpha value is -2.47. The Morgan fingerprint density at radius 3 is 2.51 bits per heavy atom. The van der Waals surface area contributed by atoms with Gasteiger partial charge >= 0.3 is 0 Å². The van der Waals surface area contributed by atoms with Crippen molar-refractivity contribution in [1.82, 2.24) is 4.57 Å². The molecule has 5 heteroatoms. The number of aliphatic hydroxyl groups is 2. The number of rotatable bonds is 3. The molecule has 252 valence electrons. The summed E-state index contributed by atoms with van der Waals surface area (Å²) in [6, 6.07) is 1.88. The number of Topliss-reactive ketones (excluding diaryl/α,β-unsaturated/α-hetero) is 1. The lowest BCUT2D eigenvalue weighted by molar-refractivity contribution is -0.156. The number of hydrogen-bond acceptors (Lipinski definition) is 4. The number of nitrogens with zero attached hydrogens (tertiary/aromatic N) is 1. The normalized spacial score (nSPS) is 40.9. The quantitative estimate of drug-likeness (QED) is 0.331. The SMILES string of the molecule is C=C(C)[C@H]1C(=O)c2c3c(cc4c5c(n1c24)[C@@]1(C)C(CC[C@H]2[C@](C)(C=CCC)[C@@H](O)CC[C@@]21C)C5)CC1=CC(C)(C)OC(C)(C)C1[C@@H]3O. The van der Waals surface area contributed by atoms with Crippen molar-refractivity contribution < 1.29 is 19.7 Å². The van der Waals surface area contributed by atoms with Gasteiger partial charge in [-0.05, 0) is 120 Å². The Bertz CT molecular complexity index is 1820. The minimum Gasteiger partial charge on any atom is -0.392 e. The fraction of sp³-hybridized carbons (Fsp3) is 0.643. The van der Waals surface area contributed by atoms with E-state index < -0.39 is 23.3 Å². The van der Waals surface area contributed by atoms with Crippen LogP contribution in [0.3, 0.4) is 0 Å². The van der Waals surface area contributed by atoms with Crippen LogP contribution in [-0.2, 0) is 23.0 Å². The van der Waals surface area contributed by atoms with E-state index in [2.05, 4.69) is 90.8 Å². The van der Waals surface area contributed by atoms with Gasteiger partial charge in [0.15, 0.2) is 5.78 Å². The summed E-state index contributed by atoms with van der Waals surface area (Å²) >= 11 is 0. The molecule has 0 amide bonds. The fourth-order valence-electron chi connectivity index (χ4n) is 12.8. The summed E-state index contributed by atoms with van der Waals surface area (Å²) in [6.07, 6.45) is 12.3. The van der Waals surface area contributed by atoms with Crippen molar-refractivity contribution in [3.05, 3.63) is 70.0 Å². The molecule has 9 atom stereocenters. The van der Waals surface area contributed by atoms with Crippen molar-refractivity contribution in [1.29, 1.82) is 0 Å². The van der Waals surface area contributed by atoms with Gasteiger partial charge in [-0.2, -0.15) is 0 Å². The van der Waals surface area contributed by atoms with Gasteiger partial charge < -0.3 is 19.5 Å². The third-order valence-electron chi connectivity index (χ3n) is 14.6. The third kappa shape index (κ3) is 3.75. The number of aromatic nitrogens is 1. The smallest absolute Gasteiger partial charge is 0.192 e.